The van der Waals surface area contributed by atoms with Crippen molar-refractivity contribution in [2.45, 2.75) is 41.4 Å². The number of thioether (sulfide) groups is 1. The lowest BCUT2D eigenvalue weighted by Crippen LogP contribution is -2.48. The van der Waals surface area contributed by atoms with Crippen LogP contribution in [-0.4, -0.2) is 47.3 Å². The average Bonchev–Trinajstić information content (AvgIpc) is 2.88. The fraction of sp³-hybridized carbons (Fsp3) is 0.692. The molecule has 5 nitrogen and oxygen atoms in total. The van der Waals surface area contributed by atoms with Crippen molar-refractivity contribution in [2.75, 3.05) is 20.3 Å². The minimum Gasteiger partial charge on any atom is -0.347 e. The first kappa shape index (κ1) is 13.3. The molecule has 1 saturated carbocycles. The molecule has 0 radical (unpaired) electrons. The fourth-order valence-corrected chi connectivity index (χ4v) is 4.15. The summed E-state index contributed by atoms with van der Waals surface area (Å²) in [5.74, 6) is -0.354. The number of hydrogen-bond donors (Lipinski definition) is 1. The summed E-state index contributed by atoms with van der Waals surface area (Å²) in [6, 6.07) is 0.463. The van der Waals surface area contributed by atoms with Crippen LogP contribution in [0.3, 0.4) is 0 Å². The fourth-order valence-electron chi connectivity index (χ4n) is 2.83. The molecular formula is C13H19N3O2S. The highest BCUT2D eigenvalue weighted by Crippen LogP contribution is 2.41. The van der Waals surface area contributed by atoms with E-state index in [1.165, 1.54) is 0 Å². The largest absolute Gasteiger partial charge is 0.347 e. The topological polar surface area (TPSA) is 56.3 Å². The molecule has 1 aliphatic carbocycles. The highest BCUT2D eigenvalue weighted by molar-refractivity contribution is 7.99. The average molecular weight is 281 g/mol. The number of hydrogen-bond acceptors (Lipinski definition) is 6. The van der Waals surface area contributed by atoms with Crippen LogP contribution >= 0.6 is 11.8 Å². The van der Waals surface area contributed by atoms with E-state index < -0.39 is 0 Å². The van der Waals surface area contributed by atoms with Crippen LogP contribution in [-0.2, 0) is 9.47 Å². The lowest BCUT2D eigenvalue weighted by molar-refractivity contribution is -0.177. The van der Waals surface area contributed by atoms with Crippen molar-refractivity contribution in [3.05, 3.63) is 18.6 Å². The molecule has 2 aliphatic rings. The maximum atomic E-state index is 5.84. The van der Waals surface area contributed by atoms with Gasteiger partial charge >= 0.3 is 0 Å². The van der Waals surface area contributed by atoms with Crippen molar-refractivity contribution < 1.29 is 9.47 Å². The zero-order chi connectivity index (χ0) is 13.1. The Kier molecular flexibility index (Phi) is 4.02. The zero-order valence-electron chi connectivity index (χ0n) is 11.0. The first-order valence-corrected chi connectivity index (χ1v) is 7.57. The molecule has 1 aromatic rings. The van der Waals surface area contributed by atoms with Gasteiger partial charge in [-0.3, -0.25) is 4.98 Å². The molecule has 1 spiro atoms. The molecule has 1 N–H and O–H groups in total. The predicted molar refractivity (Wildman–Crippen MR) is 73.0 cm³/mol. The molecule has 3 rings (SSSR count). The third-order valence-corrected chi connectivity index (χ3v) is 5.04. The Balaban J connectivity index is 1.72. The number of nitrogens with zero attached hydrogens (tertiary/aromatic N) is 2. The Morgan fingerprint density at radius 1 is 1.37 bits per heavy atom. The Morgan fingerprint density at radius 3 is 2.89 bits per heavy atom. The molecule has 6 heteroatoms. The van der Waals surface area contributed by atoms with E-state index >= 15 is 0 Å². The Bertz CT molecular complexity index is 412. The van der Waals surface area contributed by atoms with Gasteiger partial charge in [0.2, 0.25) is 0 Å². The third kappa shape index (κ3) is 2.91. The second-order valence-corrected chi connectivity index (χ2v) is 6.21. The van der Waals surface area contributed by atoms with E-state index in [4.69, 9.17) is 9.47 Å². The van der Waals surface area contributed by atoms with Crippen LogP contribution in [0.1, 0.15) is 19.3 Å². The summed E-state index contributed by atoms with van der Waals surface area (Å²) in [5.41, 5.74) is 0. The van der Waals surface area contributed by atoms with E-state index in [1.54, 1.807) is 24.2 Å². The lowest BCUT2D eigenvalue weighted by Gasteiger charge is -2.40. The van der Waals surface area contributed by atoms with Gasteiger partial charge in [-0.1, -0.05) is 11.8 Å². The Hall–Kier alpha value is -0.690. The molecular weight excluding hydrogens is 262 g/mol. The van der Waals surface area contributed by atoms with Crippen molar-refractivity contribution in [1.29, 1.82) is 0 Å². The summed E-state index contributed by atoms with van der Waals surface area (Å²) in [6.07, 6.45) is 8.18. The molecule has 2 unspecified atom stereocenters. The van der Waals surface area contributed by atoms with Gasteiger partial charge in [-0.25, -0.2) is 4.98 Å². The number of rotatable bonds is 3. The second kappa shape index (κ2) is 5.75. The monoisotopic (exact) mass is 281 g/mol. The summed E-state index contributed by atoms with van der Waals surface area (Å²) < 4.78 is 11.7. The van der Waals surface area contributed by atoms with Crippen LogP contribution in [0.15, 0.2) is 23.6 Å². The normalized spacial score (nSPS) is 29.7. The molecule has 2 atom stereocenters. The first-order chi connectivity index (χ1) is 9.31. The van der Waals surface area contributed by atoms with Crippen molar-refractivity contribution in [3.8, 4) is 0 Å². The van der Waals surface area contributed by atoms with E-state index in [0.29, 0.717) is 24.5 Å². The van der Waals surface area contributed by atoms with Gasteiger partial charge in [0.25, 0.3) is 0 Å². The van der Waals surface area contributed by atoms with Gasteiger partial charge in [-0.2, -0.15) is 0 Å². The predicted octanol–water partition coefficient (Wildman–Crippen LogP) is 1.45. The number of ether oxygens (including phenoxy) is 2. The highest BCUT2D eigenvalue weighted by atomic mass is 32.2. The molecule has 2 fully saturated rings. The van der Waals surface area contributed by atoms with Gasteiger partial charge in [-0.05, 0) is 13.5 Å². The minimum absolute atomic E-state index is 0.354. The van der Waals surface area contributed by atoms with Gasteiger partial charge < -0.3 is 14.8 Å². The molecule has 0 aromatic carbocycles. The van der Waals surface area contributed by atoms with E-state index in [1.807, 2.05) is 13.2 Å². The smallest absolute Gasteiger partial charge is 0.169 e. The molecule has 2 heterocycles. The zero-order valence-corrected chi connectivity index (χ0v) is 11.9. The maximum absolute atomic E-state index is 5.84. The van der Waals surface area contributed by atoms with Crippen molar-refractivity contribution in [3.63, 3.8) is 0 Å². The highest BCUT2D eigenvalue weighted by Gasteiger charge is 2.45. The molecule has 0 amide bonds. The van der Waals surface area contributed by atoms with E-state index in [0.717, 1.165) is 24.3 Å². The van der Waals surface area contributed by atoms with Crippen LogP contribution in [0.25, 0.3) is 0 Å². The summed E-state index contributed by atoms with van der Waals surface area (Å²) in [5, 5.41) is 4.76. The third-order valence-electron chi connectivity index (χ3n) is 3.79. The minimum atomic E-state index is -0.354. The molecule has 1 aromatic heterocycles. The van der Waals surface area contributed by atoms with E-state index in [2.05, 4.69) is 15.3 Å². The maximum Gasteiger partial charge on any atom is 0.169 e. The molecule has 0 bridgehead atoms. The lowest BCUT2D eigenvalue weighted by atomic mass is 9.89. The quantitative estimate of drug-likeness (QED) is 0.905. The first-order valence-electron chi connectivity index (χ1n) is 6.69. The van der Waals surface area contributed by atoms with Gasteiger partial charge in [0.15, 0.2) is 5.79 Å². The second-order valence-electron chi connectivity index (χ2n) is 4.95. The molecule has 1 aliphatic heterocycles. The van der Waals surface area contributed by atoms with E-state index in [9.17, 15) is 0 Å². The molecule has 19 heavy (non-hydrogen) atoms. The van der Waals surface area contributed by atoms with Crippen LogP contribution in [0.2, 0.25) is 0 Å². The van der Waals surface area contributed by atoms with Crippen molar-refractivity contribution >= 4 is 11.8 Å². The number of aromatic nitrogens is 2. The summed E-state index contributed by atoms with van der Waals surface area (Å²) in [4.78, 5) is 8.47. The summed E-state index contributed by atoms with van der Waals surface area (Å²) in [6.45, 7) is 1.43. The van der Waals surface area contributed by atoms with Crippen LogP contribution in [0.4, 0.5) is 0 Å². The summed E-state index contributed by atoms with van der Waals surface area (Å²) in [7, 11) is 2.02. The molecule has 1 saturated heterocycles. The Morgan fingerprint density at radius 2 is 2.21 bits per heavy atom. The van der Waals surface area contributed by atoms with Gasteiger partial charge in [-0.15, -0.1) is 0 Å². The standard InChI is InChI=1S/C13H19N3O2S/c1-14-10-2-3-13(17-6-7-18-13)8-11(10)19-12-9-15-4-5-16-12/h4-5,9-11,14H,2-3,6-8H2,1H3. The Labute approximate surface area is 117 Å². The summed E-state index contributed by atoms with van der Waals surface area (Å²) >= 11 is 1.76. The van der Waals surface area contributed by atoms with Crippen LogP contribution in [0, 0.1) is 0 Å². The van der Waals surface area contributed by atoms with E-state index in [-0.39, 0.29) is 5.79 Å². The van der Waals surface area contributed by atoms with Gasteiger partial charge in [0.1, 0.15) is 5.03 Å². The number of nitrogens with one attached hydrogen (secondary N) is 1. The van der Waals surface area contributed by atoms with Crippen molar-refractivity contribution in [1.82, 2.24) is 15.3 Å². The van der Waals surface area contributed by atoms with Gasteiger partial charge in [0.05, 0.1) is 19.4 Å². The van der Waals surface area contributed by atoms with Crippen LogP contribution < -0.4 is 5.32 Å². The van der Waals surface area contributed by atoms with Gasteiger partial charge in [0, 0.05) is 36.5 Å². The SMILES string of the molecule is CNC1CCC2(CC1Sc1cnccn1)OCCO2. The van der Waals surface area contributed by atoms with Crippen LogP contribution in [0.5, 0.6) is 0 Å². The molecule has 104 valence electrons. The van der Waals surface area contributed by atoms with Crippen molar-refractivity contribution in [2.24, 2.45) is 0 Å².